The Morgan fingerprint density at radius 3 is 2.15 bits per heavy atom. The Hall–Kier alpha value is -1.19. The molecule has 7 aliphatic rings. The molecule has 4 saturated carbocycles. The zero-order valence-electron chi connectivity index (χ0n) is 32.7. The number of aliphatic carboxylic acids is 1. The number of carboxylic acids is 1. The van der Waals surface area contributed by atoms with Gasteiger partial charge in [-0.3, -0.25) is 4.79 Å². The smallest absolute Gasteiger partial charge is 0.310 e. The number of fused-ring (bicyclic) bond motifs is 7. The second-order valence-electron chi connectivity index (χ2n) is 20.2. The van der Waals surface area contributed by atoms with Crippen LogP contribution in [-0.4, -0.2) is 116 Å². The van der Waals surface area contributed by atoms with Crippen molar-refractivity contribution >= 4 is 5.97 Å². The van der Waals surface area contributed by atoms with E-state index >= 15 is 0 Å². The Kier molecular flexibility index (Phi) is 10.2. The second kappa shape index (κ2) is 13.5. The van der Waals surface area contributed by atoms with Crippen molar-refractivity contribution in [1.82, 2.24) is 0 Å². The molecular formula is C41H66O12. The highest BCUT2D eigenvalue weighted by atomic mass is 16.7. The molecule has 6 fully saturated rings. The number of rotatable bonds is 6. The Morgan fingerprint density at radius 1 is 0.792 bits per heavy atom. The largest absolute Gasteiger partial charge is 0.481 e. The summed E-state index contributed by atoms with van der Waals surface area (Å²) in [4.78, 5) is 13.0. The van der Waals surface area contributed by atoms with Gasteiger partial charge in [0.05, 0.1) is 24.7 Å². The summed E-state index contributed by atoms with van der Waals surface area (Å²) in [5.41, 5.74) is 0.584. The molecule has 302 valence electrons. The number of carbonyl (C=O) groups is 1. The quantitative estimate of drug-likeness (QED) is 0.155. The molecule has 7 rings (SSSR count). The normalized spacial score (nSPS) is 53.3. The maximum Gasteiger partial charge on any atom is 0.310 e. The van der Waals surface area contributed by atoms with Crippen LogP contribution in [0.25, 0.3) is 0 Å². The van der Waals surface area contributed by atoms with Crippen molar-refractivity contribution in [3.63, 3.8) is 0 Å². The fourth-order valence-electron chi connectivity index (χ4n) is 13.4. The average Bonchev–Trinajstić information content (AvgIpc) is 3.09. The van der Waals surface area contributed by atoms with E-state index in [1.807, 2.05) is 0 Å². The predicted molar refractivity (Wildman–Crippen MR) is 192 cm³/mol. The van der Waals surface area contributed by atoms with Crippen molar-refractivity contribution in [2.24, 2.45) is 50.2 Å². The van der Waals surface area contributed by atoms with E-state index in [1.54, 1.807) is 0 Å². The Bertz CT molecular complexity index is 1430. The third kappa shape index (κ3) is 5.94. The molecule has 7 N–H and O–H groups in total. The van der Waals surface area contributed by atoms with Crippen LogP contribution in [0.15, 0.2) is 11.6 Å². The van der Waals surface area contributed by atoms with Crippen LogP contribution >= 0.6 is 0 Å². The number of carboxylic acid groups (broad SMARTS) is 1. The molecule has 2 heterocycles. The van der Waals surface area contributed by atoms with Crippen molar-refractivity contribution in [1.29, 1.82) is 0 Å². The molecule has 0 aromatic heterocycles. The van der Waals surface area contributed by atoms with Crippen LogP contribution in [-0.2, 0) is 23.7 Å². The van der Waals surface area contributed by atoms with Crippen LogP contribution in [0.5, 0.6) is 0 Å². The summed E-state index contributed by atoms with van der Waals surface area (Å²) < 4.78 is 23.7. The Labute approximate surface area is 314 Å². The maximum atomic E-state index is 13.0. The molecular weight excluding hydrogens is 684 g/mol. The third-order valence-corrected chi connectivity index (χ3v) is 16.9. The summed E-state index contributed by atoms with van der Waals surface area (Å²) in [6.07, 6.45) is -1.38. The minimum atomic E-state index is -1.65. The van der Waals surface area contributed by atoms with Gasteiger partial charge in [-0.2, -0.15) is 0 Å². The summed E-state index contributed by atoms with van der Waals surface area (Å²) in [7, 11) is 0. The van der Waals surface area contributed by atoms with Crippen molar-refractivity contribution in [2.75, 3.05) is 13.2 Å². The van der Waals surface area contributed by atoms with Crippen LogP contribution in [0.1, 0.15) is 113 Å². The topological polar surface area (TPSA) is 196 Å². The van der Waals surface area contributed by atoms with E-state index in [0.29, 0.717) is 11.8 Å². The van der Waals surface area contributed by atoms with E-state index in [0.717, 1.165) is 64.2 Å². The van der Waals surface area contributed by atoms with Gasteiger partial charge in [-0.15, -0.1) is 0 Å². The number of hydrogen-bond donors (Lipinski definition) is 7. The van der Waals surface area contributed by atoms with E-state index in [9.17, 15) is 40.5 Å². The summed E-state index contributed by atoms with van der Waals surface area (Å²) >= 11 is 0. The number of hydrogen-bond acceptors (Lipinski definition) is 11. The van der Waals surface area contributed by atoms with E-state index < -0.39 is 73.3 Å². The third-order valence-electron chi connectivity index (χ3n) is 16.9. The van der Waals surface area contributed by atoms with Gasteiger partial charge in [-0.25, -0.2) is 0 Å². The highest BCUT2D eigenvalue weighted by Gasteiger charge is 2.69. The first-order valence-electron chi connectivity index (χ1n) is 20.2. The molecule has 0 aromatic rings. The van der Waals surface area contributed by atoms with Gasteiger partial charge in [0, 0.05) is 0 Å². The zero-order valence-corrected chi connectivity index (χ0v) is 32.7. The van der Waals surface area contributed by atoms with E-state index in [-0.39, 0.29) is 45.7 Å². The predicted octanol–water partition coefficient (Wildman–Crippen LogP) is 3.52. The summed E-state index contributed by atoms with van der Waals surface area (Å²) in [5, 5.41) is 73.2. The van der Waals surface area contributed by atoms with Crippen LogP contribution < -0.4 is 0 Å². The molecule has 12 heteroatoms. The molecule has 2 saturated heterocycles. The Morgan fingerprint density at radius 2 is 1.47 bits per heavy atom. The molecule has 17 atom stereocenters. The number of aliphatic hydroxyl groups is 6. The van der Waals surface area contributed by atoms with Gasteiger partial charge < -0.3 is 54.7 Å². The number of aliphatic hydroxyl groups excluding tert-OH is 6. The monoisotopic (exact) mass is 750 g/mol. The maximum absolute atomic E-state index is 13.0. The van der Waals surface area contributed by atoms with Crippen molar-refractivity contribution < 1.29 is 59.5 Å². The van der Waals surface area contributed by atoms with Crippen molar-refractivity contribution in [3.05, 3.63) is 11.6 Å². The first-order valence-corrected chi connectivity index (χ1v) is 20.2. The fraction of sp³-hybridized carbons (Fsp3) is 0.927. The van der Waals surface area contributed by atoms with E-state index in [1.165, 1.54) is 5.57 Å². The molecule has 0 unspecified atom stereocenters. The number of ether oxygens (including phenoxy) is 4. The number of allylic oxidation sites excluding steroid dienone is 2. The lowest BCUT2D eigenvalue weighted by atomic mass is 9.33. The second-order valence-corrected chi connectivity index (χ2v) is 20.2. The van der Waals surface area contributed by atoms with Gasteiger partial charge in [0.1, 0.15) is 42.7 Å². The molecule has 0 radical (unpaired) electrons. The zero-order chi connectivity index (χ0) is 38.7. The van der Waals surface area contributed by atoms with Crippen LogP contribution in [0, 0.1) is 50.2 Å². The standard InChI is InChI=1S/C41H66O12/c1-36(2)14-16-41(35(48)49)17-15-39(6)21(22(41)18-36)8-9-26-38(5)12-11-27(37(3,4)25(38)10-13-40(26,39)7)53-33-31(46)29(44)24(20-50-33)52-34-32(47)30(45)28(43)23(19-42)51-34/h8,22-34,42-47H,9-20H2,1-7H3,(H,48,49)/t22-,23+,24-,25-,26+,27-,28-,29-,30-,31+,32+,33-,34-,38-,39+,40+,41-/m0/s1. The lowest BCUT2D eigenvalue weighted by molar-refractivity contribution is -0.351. The lowest BCUT2D eigenvalue weighted by Gasteiger charge is -2.71. The molecule has 2 aliphatic heterocycles. The summed E-state index contributed by atoms with van der Waals surface area (Å²) in [6, 6.07) is 0. The van der Waals surface area contributed by atoms with Crippen LogP contribution in [0.2, 0.25) is 0 Å². The first kappa shape index (κ1) is 40.0. The molecule has 5 aliphatic carbocycles. The minimum Gasteiger partial charge on any atom is -0.481 e. The molecule has 0 amide bonds. The molecule has 0 aromatic carbocycles. The van der Waals surface area contributed by atoms with Gasteiger partial charge in [0.2, 0.25) is 0 Å². The lowest BCUT2D eigenvalue weighted by Crippen LogP contribution is -2.66. The van der Waals surface area contributed by atoms with Crippen LogP contribution in [0.3, 0.4) is 0 Å². The van der Waals surface area contributed by atoms with Crippen molar-refractivity contribution in [3.8, 4) is 0 Å². The Balaban J connectivity index is 1.06. The van der Waals surface area contributed by atoms with Gasteiger partial charge in [-0.05, 0) is 109 Å². The molecule has 0 bridgehead atoms. The van der Waals surface area contributed by atoms with E-state index in [4.69, 9.17) is 18.9 Å². The van der Waals surface area contributed by atoms with Gasteiger partial charge in [0.15, 0.2) is 12.6 Å². The SMILES string of the molecule is CC1(C)CC[C@]2(C(=O)O)CC[C@]3(C)C(=CC[C@@H]4[C@@]5(C)CC[C@H](O[C@@H]6OC[C@H](O[C@@H]7O[C@H](CO)[C@H](O)[C@H](O)[C@H]7O)[C@H](O)[C@H]6O)C(C)(C)[C@@H]5CC[C@]43C)[C@@H]2C1. The van der Waals surface area contributed by atoms with Gasteiger partial charge in [-0.1, -0.05) is 60.1 Å². The van der Waals surface area contributed by atoms with E-state index in [2.05, 4.69) is 54.5 Å². The summed E-state index contributed by atoms with van der Waals surface area (Å²) in [5.74, 6) is 0.218. The fourth-order valence-corrected chi connectivity index (χ4v) is 13.4. The molecule has 53 heavy (non-hydrogen) atoms. The molecule has 12 nitrogen and oxygen atoms in total. The van der Waals surface area contributed by atoms with Crippen molar-refractivity contribution in [2.45, 2.75) is 174 Å². The summed E-state index contributed by atoms with van der Waals surface area (Å²) in [6.45, 7) is 15.8. The average molecular weight is 751 g/mol. The van der Waals surface area contributed by atoms with Crippen LogP contribution in [0.4, 0.5) is 0 Å². The van der Waals surface area contributed by atoms with Gasteiger partial charge in [0.25, 0.3) is 0 Å². The minimum absolute atomic E-state index is 0.0183. The molecule has 0 spiro atoms. The highest BCUT2D eigenvalue weighted by molar-refractivity contribution is 5.76. The highest BCUT2D eigenvalue weighted by Crippen LogP contribution is 2.76. The first-order chi connectivity index (χ1) is 24.7. The van der Waals surface area contributed by atoms with Gasteiger partial charge >= 0.3 is 5.97 Å².